The average Bonchev–Trinajstić information content (AvgIpc) is 2.97. The molecule has 2 heteroatoms. The summed E-state index contributed by atoms with van der Waals surface area (Å²) >= 11 is 3.61. The Morgan fingerprint density at radius 3 is 2.82 bits per heavy atom. The molecule has 22 heavy (non-hydrogen) atoms. The molecule has 0 bridgehead atoms. The van der Waals surface area contributed by atoms with E-state index in [1.54, 1.807) is 5.57 Å². The van der Waals surface area contributed by atoms with E-state index in [4.69, 9.17) is 0 Å². The largest absolute Gasteiger partial charge is 0.386 e. The molecule has 3 rings (SSSR count). The summed E-state index contributed by atoms with van der Waals surface area (Å²) < 4.78 is 0. The molecule has 0 aromatic carbocycles. The number of halogens is 1. The van der Waals surface area contributed by atoms with Crippen LogP contribution in [0.15, 0.2) is 22.7 Å². The highest BCUT2D eigenvalue weighted by Gasteiger charge is 2.50. The van der Waals surface area contributed by atoms with Crippen LogP contribution in [-0.4, -0.2) is 10.7 Å². The van der Waals surface area contributed by atoms with Crippen LogP contribution in [0.3, 0.4) is 0 Å². The van der Waals surface area contributed by atoms with Gasteiger partial charge in [0.25, 0.3) is 0 Å². The Morgan fingerprint density at radius 2 is 2.18 bits per heavy atom. The minimum atomic E-state index is -0.566. The first-order valence-corrected chi connectivity index (χ1v) is 9.98. The van der Waals surface area contributed by atoms with Crippen molar-refractivity contribution in [3.63, 3.8) is 0 Å². The van der Waals surface area contributed by atoms with Crippen molar-refractivity contribution >= 4 is 15.9 Å². The second kappa shape index (κ2) is 6.09. The Kier molecular flexibility index (Phi) is 4.64. The van der Waals surface area contributed by atoms with Crippen molar-refractivity contribution in [3.8, 4) is 0 Å². The highest BCUT2D eigenvalue weighted by atomic mass is 79.9. The predicted octanol–water partition coefficient (Wildman–Crippen LogP) is 5.83. The SMILES string of the molecule is C[C@H](C[C@@H]1C=C[C@@](C)(O)C1)[C@H]1CCC2/C(=C/Br)CCC[C@@]21C. The molecule has 0 aromatic heterocycles. The van der Waals surface area contributed by atoms with E-state index < -0.39 is 5.60 Å². The molecule has 0 heterocycles. The molecule has 2 fully saturated rings. The van der Waals surface area contributed by atoms with Crippen LogP contribution in [0.1, 0.15) is 65.7 Å². The van der Waals surface area contributed by atoms with Crippen molar-refractivity contribution in [2.24, 2.45) is 29.1 Å². The zero-order chi connectivity index (χ0) is 16.0. The van der Waals surface area contributed by atoms with E-state index in [-0.39, 0.29) is 0 Å². The third-order valence-electron chi connectivity index (χ3n) is 6.94. The summed E-state index contributed by atoms with van der Waals surface area (Å²) in [6.07, 6.45) is 13.2. The summed E-state index contributed by atoms with van der Waals surface area (Å²) in [7, 11) is 0. The average molecular weight is 367 g/mol. The van der Waals surface area contributed by atoms with Crippen LogP contribution in [0.4, 0.5) is 0 Å². The molecule has 0 amide bonds. The van der Waals surface area contributed by atoms with Crippen LogP contribution in [0.5, 0.6) is 0 Å². The maximum Gasteiger partial charge on any atom is 0.0805 e. The fraction of sp³-hybridized carbons (Fsp3) is 0.800. The third kappa shape index (κ3) is 2.98. The second-order valence-corrected chi connectivity index (χ2v) is 9.13. The van der Waals surface area contributed by atoms with Crippen LogP contribution in [-0.2, 0) is 0 Å². The van der Waals surface area contributed by atoms with Gasteiger partial charge in [-0.05, 0) is 85.9 Å². The number of fused-ring (bicyclic) bond motifs is 1. The summed E-state index contributed by atoms with van der Waals surface area (Å²) in [6, 6.07) is 0. The Morgan fingerprint density at radius 1 is 1.41 bits per heavy atom. The standard InChI is InChI=1S/C20H31BrO/c1-14(11-15-8-10-19(2,22)12-15)17-6-7-18-16(13-21)5-4-9-20(17,18)3/h8,10,13-15,17-18,22H,4-7,9,11-12H2,1-3H3/b16-13+/t14-,15+,17-,18?,19-,20-/m1/s1. The van der Waals surface area contributed by atoms with Gasteiger partial charge in [0.15, 0.2) is 0 Å². The molecule has 0 aromatic rings. The van der Waals surface area contributed by atoms with Gasteiger partial charge in [0.05, 0.1) is 5.60 Å². The molecule has 1 N–H and O–H groups in total. The molecule has 0 saturated heterocycles. The van der Waals surface area contributed by atoms with Gasteiger partial charge in [0, 0.05) is 0 Å². The van der Waals surface area contributed by atoms with Crippen LogP contribution in [0, 0.1) is 29.1 Å². The van der Waals surface area contributed by atoms with Gasteiger partial charge in [0.2, 0.25) is 0 Å². The van der Waals surface area contributed by atoms with Gasteiger partial charge in [-0.2, -0.15) is 0 Å². The molecule has 0 radical (unpaired) electrons. The lowest BCUT2D eigenvalue weighted by Crippen LogP contribution is -2.36. The Balaban J connectivity index is 1.69. The molecular formula is C20H31BrO. The van der Waals surface area contributed by atoms with E-state index in [1.165, 1.54) is 38.5 Å². The van der Waals surface area contributed by atoms with E-state index in [0.29, 0.717) is 11.3 Å². The minimum Gasteiger partial charge on any atom is -0.386 e. The van der Waals surface area contributed by atoms with E-state index in [0.717, 1.165) is 24.2 Å². The Bertz CT molecular complexity index is 478. The highest BCUT2D eigenvalue weighted by Crippen LogP contribution is 2.60. The smallest absolute Gasteiger partial charge is 0.0805 e. The number of rotatable bonds is 3. The van der Waals surface area contributed by atoms with Gasteiger partial charge in [-0.1, -0.05) is 47.5 Å². The monoisotopic (exact) mass is 366 g/mol. The lowest BCUT2D eigenvalue weighted by molar-refractivity contribution is 0.0756. The topological polar surface area (TPSA) is 20.2 Å². The molecule has 0 aliphatic heterocycles. The lowest BCUT2D eigenvalue weighted by Gasteiger charge is -2.44. The van der Waals surface area contributed by atoms with Crippen molar-refractivity contribution < 1.29 is 5.11 Å². The number of aliphatic hydroxyl groups is 1. The molecular weight excluding hydrogens is 336 g/mol. The van der Waals surface area contributed by atoms with Crippen LogP contribution in [0.25, 0.3) is 0 Å². The summed E-state index contributed by atoms with van der Waals surface area (Å²) in [5, 5.41) is 10.1. The molecule has 3 aliphatic carbocycles. The predicted molar refractivity (Wildman–Crippen MR) is 96.8 cm³/mol. The van der Waals surface area contributed by atoms with Crippen molar-refractivity contribution in [2.75, 3.05) is 0 Å². The Labute approximate surface area is 144 Å². The lowest BCUT2D eigenvalue weighted by atomic mass is 9.61. The van der Waals surface area contributed by atoms with Crippen molar-refractivity contribution in [1.82, 2.24) is 0 Å². The highest BCUT2D eigenvalue weighted by molar-refractivity contribution is 9.11. The Hall–Kier alpha value is -0.0800. The van der Waals surface area contributed by atoms with Crippen LogP contribution >= 0.6 is 15.9 Å². The van der Waals surface area contributed by atoms with E-state index in [1.807, 2.05) is 13.0 Å². The van der Waals surface area contributed by atoms with Gasteiger partial charge >= 0.3 is 0 Å². The van der Waals surface area contributed by atoms with E-state index in [2.05, 4.69) is 40.8 Å². The van der Waals surface area contributed by atoms with Crippen molar-refractivity contribution in [2.45, 2.75) is 71.3 Å². The first kappa shape index (κ1) is 16.8. The number of hydrogen-bond acceptors (Lipinski definition) is 1. The van der Waals surface area contributed by atoms with Gasteiger partial charge in [0.1, 0.15) is 0 Å². The maximum absolute atomic E-state index is 10.1. The maximum atomic E-state index is 10.1. The van der Waals surface area contributed by atoms with Crippen LogP contribution < -0.4 is 0 Å². The number of allylic oxidation sites excluding steroid dienone is 2. The molecule has 124 valence electrons. The second-order valence-electron chi connectivity index (χ2n) is 8.67. The molecule has 1 unspecified atom stereocenters. The number of hydrogen-bond donors (Lipinski definition) is 1. The van der Waals surface area contributed by atoms with E-state index in [9.17, 15) is 5.11 Å². The quantitative estimate of drug-likeness (QED) is 0.622. The fourth-order valence-corrected chi connectivity index (χ4v) is 6.51. The fourth-order valence-electron chi connectivity index (χ4n) is 5.96. The first-order valence-electron chi connectivity index (χ1n) is 9.06. The molecule has 3 aliphatic rings. The summed E-state index contributed by atoms with van der Waals surface area (Å²) in [5.74, 6) is 2.98. The normalized spacial score (nSPS) is 47.9. The van der Waals surface area contributed by atoms with Gasteiger partial charge in [-0.25, -0.2) is 0 Å². The van der Waals surface area contributed by atoms with Gasteiger partial charge < -0.3 is 5.11 Å². The molecule has 6 atom stereocenters. The third-order valence-corrected chi connectivity index (χ3v) is 7.53. The van der Waals surface area contributed by atoms with Gasteiger partial charge in [-0.15, -0.1) is 0 Å². The molecule has 2 saturated carbocycles. The summed E-state index contributed by atoms with van der Waals surface area (Å²) in [6.45, 7) is 6.96. The first-order chi connectivity index (χ1) is 10.4. The van der Waals surface area contributed by atoms with Gasteiger partial charge in [-0.3, -0.25) is 0 Å². The van der Waals surface area contributed by atoms with E-state index >= 15 is 0 Å². The van der Waals surface area contributed by atoms with Crippen molar-refractivity contribution in [1.29, 1.82) is 0 Å². The minimum absolute atomic E-state index is 0.502. The van der Waals surface area contributed by atoms with Crippen molar-refractivity contribution in [3.05, 3.63) is 22.7 Å². The van der Waals surface area contributed by atoms with Crippen LogP contribution in [0.2, 0.25) is 0 Å². The molecule has 1 nitrogen and oxygen atoms in total. The zero-order valence-corrected chi connectivity index (χ0v) is 15.9. The summed E-state index contributed by atoms with van der Waals surface area (Å²) in [5.41, 5.74) is 1.60. The summed E-state index contributed by atoms with van der Waals surface area (Å²) in [4.78, 5) is 2.22. The zero-order valence-electron chi connectivity index (χ0n) is 14.3. The molecule has 0 spiro atoms.